The highest BCUT2D eigenvalue weighted by Gasteiger charge is 2.32. The van der Waals surface area contributed by atoms with Crippen LogP contribution >= 0.6 is 46.4 Å². The second-order valence-corrected chi connectivity index (χ2v) is 8.83. The molecule has 0 unspecified atom stereocenters. The van der Waals surface area contributed by atoms with Crippen LogP contribution in [0.4, 0.5) is 0 Å². The molecule has 0 atom stereocenters. The molecule has 0 radical (unpaired) electrons. The maximum atomic E-state index is 6.44. The number of quaternary nitrogens is 1. The van der Waals surface area contributed by atoms with Crippen molar-refractivity contribution in [2.45, 2.75) is 0 Å². The zero-order chi connectivity index (χ0) is 20.4. The van der Waals surface area contributed by atoms with Crippen molar-refractivity contribution in [3.63, 3.8) is 0 Å². The molecule has 0 aliphatic heterocycles. The average molecular weight is 475 g/mol. The molecule has 1 nitrogen and oxygen atoms in total. The molecule has 0 spiro atoms. The molecule has 0 saturated heterocycles. The lowest BCUT2D eigenvalue weighted by atomic mass is 9.13. The fourth-order valence-electron chi connectivity index (χ4n) is 4.26. The minimum absolute atomic E-state index is 0. The lowest BCUT2D eigenvalue weighted by molar-refractivity contribution is 1.66. The zero-order valence-corrected chi connectivity index (χ0v) is 19.4. The lowest BCUT2D eigenvalue weighted by Gasteiger charge is -2.44. The van der Waals surface area contributed by atoms with E-state index in [1.165, 1.54) is 0 Å². The largest absolute Gasteiger partial charge is 0.369 e. The third-order valence-electron chi connectivity index (χ3n) is 5.39. The molecular weight excluding hydrogens is 455 g/mol. The maximum absolute atomic E-state index is 6.44. The first kappa shape index (κ1) is 22.7. The quantitative estimate of drug-likeness (QED) is 0.349. The van der Waals surface area contributed by atoms with Gasteiger partial charge in [0.2, 0.25) is 0 Å². The first-order valence-electron chi connectivity index (χ1n) is 9.20. The third kappa shape index (κ3) is 4.25. The first-order chi connectivity index (χ1) is 14.0. The summed E-state index contributed by atoms with van der Waals surface area (Å²) in [5.41, 5.74) is 4.24. The summed E-state index contributed by atoms with van der Waals surface area (Å²) in [6.45, 7) is 0. The summed E-state index contributed by atoms with van der Waals surface area (Å²) in [5, 5.41) is 2.67. The molecule has 0 saturated carbocycles. The summed E-state index contributed by atoms with van der Waals surface area (Å²) in [7, 11) is 0. The lowest BCUT2D eigenvalue weighted by Crippen LogP contribution is -2.74. The topological polar surface area (TPSA) is 36.5 Å². The van der Waals surface area contributed by atoms with Crippen LogP contribution in [0.1, 0.15) is 0 Å². The summed E-state index contributed by atoms with van der Waals surface area (Å²) < 4.78 is 0. The molecule has 6 heteroatoms. The van der Waals surface area contributed by atoms with Crippen molar-refractivity contribution in [1.82, 2.24) is 6.15 Å². The van der Waals surface area contributed by atoms with Crippen LogP contribution in [-0.4, -0.2) is 6.15 Å². The van der Waals surface area contributed by atoms with Crippen LogP contribution in [0.5, 0.6) is 0 Å². The number of rotatable bonds is 4. The van der Waals surface area contributed by atoms with Crippen molar-refractivity contribution in [2.75, 3.05) is 0 Å². The monoisotopic (exact) mass is 473 g/mol. The van der Waals surface area contributed by atoms with Crippen LogP contribution < -0.4 is 28.0 Å². The van der Waals surface area contributed by atoms with Crippen LogP contribution in [0, 0.1) is 0 Å². The molecule has 4 N–H and O–H groups in total. The molecule has 0 aliphatic carbocycles. The van der Waals surface area contributed by atoms with Gasteiger partial charge in [-0.2, -0.15) is 21.9 Å². The van der Waals surface area contributed by atoms with Crippen molar-refractivity contribution < 1.29 is 0 Å². The van der Waals surface area contributed by atoms with Crippen LogP contribution in [0.15, 0.2) is 97.1 Å². The van der Waals surface area contributed by atoms with E-state index in [1.807, 2.05) is 72.8 Å². The summed E-state index contributed by atoms with van der Waals surface area (Å²) in [4.78, 5) is 0. The van der Waals surface area contributed by atoms with Crippen molar-refractivity contribution in [3.05, 3.63) is 117 Å². The number of hydrogen-bond acceptors (Lipinski definition) is 0. The van der Waals surface area contributed by atoms with E-state index in [1.54, 1.807) is 0 Å². The summed E-state index contributed by atoms with van der Waals surface area (Å²) in [6.07, 6.45) is -1.63. The molecule has 0 aliphatic rings. The Morgan fingerprint density at radius 2 is 0.633 bits per heavy atom. The van der Waals surface area contributed by atoms with Crippen LogP contribution in [0.3, 0.4) is 0 Å². The van der Waals surface area contributed by atoms with Gasteiger partial charge in [-0.05, 0) is 24.3 Å². The smallest absolute Gasteiger partial charge is 0.108 e. The third-order valence-corrected chi connectivity index (χ3v) is 6.34. The predicted molar refractivity (Wildman–Crippen MR) is 136 cm³/mol. The molecule has 0 amide bonds. The van der Waals surface area contributed by atoms with Gasteiger partial charge < -0.3 is 6.15 Å². The number of benzene rings is 4. The Hall–Kier alpha value is -1.94. The van der Waals surface area contributed by atoms with Gasteiger partial charge >= 0.3 is 0 Å². The Morgan fingerprint density at radius 3 is 0.833 bits per heavy atom. The van der Waals surface area contributed by atoms with E-state index >= 15 is 0 Å². The Labute approximate surface area is 197 Å². The summed E-state index contributed by atoms with van der Waals surface area (Å²) in [5.74, 6) is 0. The fourth-order valence-corrected chi connectivity index (χ4v) is 5.05. The second-order valence-electron chi connectivity index (χ2n) is 7.09. The second kappa shape index (κ2) is 9.47. The predicted octanol–water partition coefficient (Wildman–Crippen LogP) is 6.05. The van der Waals surface area contributed by atoms with E-state index in [0.717, 1.165) is 21.9 Å². The fraction of sp³-hybridized carbons (Fsp3) is 0. The van der Waals surface area contributed by atoms with E-state index in [0.29, 0.717) is 20.1 Å². The molecule has 4 aromatic carbocycles. The molecule has 0 aromatic heterocycles. The van der Waals surface area contributed by atoms with Crippen molar-refractivity contribution >= 4 is 74.4 Å². The highest BCUT2D eigenvalue weighted by molar-refractivity contribution is 7.20. The molecule has 30 heavy (non-hydrogen) atoms. The highest BCUT2D eigenvalue weighted by Crippen LogP contribution is 2.18. The van der Waals surface area contributed by atoms with E-state index in [4.69, 9.17) is 46.4 Å². The SMILES string of the molecule is Clc1cccc([B-](c2cccc(Cl)c2)(c2cccc(Cl)c2)c2cccc(Cl)c2)c1.[NH4+]. The Kier molecular flexibility index (Phi) is 7.18. The normalized spacial score (nSPS) is 11.1. The van der Waals surface area contributed by atoms with Gasteiger partial charge in [0.15, 0.2) is 0 Å². The number of hydrogen-bond donors (Lipinski definition) is 1. The summed E-state index contributed by atoms with van der Waals surface area (Å²) in [6, 6.07) is 31.7. The van der Waals surface area contributed by atoms with Gasteiger partial charge in [-0.1, -0.05) is 119 Å². The average Bonchev–Trinajstić information content (AvgIpc) is 2.69. The van der Waals surface area contributed by atoms with Gasteiger partial charge in [0.25, 0.3) is 0 Å². The van der Waals surface area contributed by atoms with Crippen LogP contribution in [0.2, 0.25) is 20.1 Å². The molecular formula is C24H20BCl4N. The van der Waals surface area contributed by atoms with Gasteiger partial charge in [-0.15, -0.1) is 0 Å². The number of halogens is 4. The molecule has 0 heterocycles. The standard InChI is InChI=1S/C24H16BCl4.H3N/c26-21-9-1-5-17(13-21)25(18-6-2-10-22(27)14-18,19-7-3-11-23(28)15-19)20-8-4-12-24(29)16-20;/h1-16H;1H3/q-1;/p+1. The Bertz CT molecular complexity index is 991. The van der Waals surface area contributed by atoms with Gasteiger partial charge in [-0.3, -0.25) is 0 Å². The van der Waals surface area contributed by atoms with Crippen molar-refractivity contribution in [2.24, 2.45) is 0 Å². The van der Waals surface area contributed by atoms with E-state index in [9.17, 15) is 0 Å². The minimum atomic E-state index is -1.63. The molecule has 0 bridgehead atoms. The first-order valence-corrected chi connectivity index (χ1v) is 10.7. The Balaban J connectivity index is 0.00000256. The van der Waals surface area contributed by atoms with E-state index in [-0.39, 0.29) is 6.15 Å². The van der Waals surface area contributed by atoms with Gasteiger partial charge in [0, 0.05) is 20.1 Å². The van der Waals surface area contributed by atoms with Crippen molar-refractivity contribution in [3.8, 4) is 0 Å². The van der Waals surface area contributed by atoms with Gasteiger partial charge in [0.05, 0.1) is 0 Å². The Morgan fingerprint density at radius 1 is 0.400 bits per heavy atom. The van der Waals surface area contributed by atoms with Gasteiger partial charge in [0.1, 0.15) is 6.15 Å². The van der Waals surface area contributed by atoms with E-state index in [2.05, 4.69) is 24.3 Å². The molecule has 0 fully saturated rings. The van der Waals surface area contributed by atoms with Crippen LogP contribution in [0.25, 0.3) is 0 Å². The van der Waals surface area contributed by atoms with Crippen molar-refractivity contribution in [1.29, 1.82) is 0 Å². The molecule has 152 valence electrons. The minimum Gasteiger partial charge on any atom is -0.369 e. The summed E-state index contributed by atoms with van der Waals surface area (Å²) >= 11 is 25.8. The maximum Gasteiger partial charge on any atom is 0.108 e. The van der Waals surface area contributed by atoms with Crippen LogP contribution in [-0.2, 0) is 0 Å². The zero-order valence-electron chi connectivity index (χ0n) is 16.3. The van der Waals surface area contributed by atoms with Gasteiger partial charge in [-0.25, -0.2) is 0 Å². The molecule has 4 aromatic rings. The van der Waals surface area contributed by atoms with E-state index < -0.39 is 6.15 Å². The molecule has 4 rings (SSSR count). The highest BCUT2D eigenvalue weighted by atomic mass is 35.5.